The van der Waals surface area contributed by atoms with Gasteiger partial charge in [0, 0.05) is 12.4 Å². The van der Waals surface area contributed by atoms with Crippen LogP contribution in [0.1, 0.15) is 37.0 Å². The molecule has 0 atom stereocenters. The molecule has 0 saturated heterocycles. The predicted molar refractivity (Wildman–Crippen MR) is 62.9 cm³/mol. The number of ether oxygens (including phenoxy) is 1. The van der Waals surface area contributed by atoms with E-state index in [1.807, 2.05) is 6.07 Å². The Labute approximate surface area is 104 Å². The van der Waals surface area contributed by atoms with E-state index < -0.39 is 11.6 Å². The minimum atomic E-state index is -0.569. The molecule has 0 bridgehead atoms. The maximum atomic E-state index is 11.8. The topological polar surface area (TPSA) is 80.3 Å². The van der Waals surface area contributed by atoms with Gasteiger partial charge in [0.2, 0.25) is 0 Å². The molecule has 92 valence electrons. The quantitative estimate of drug-likeness (QED) is 0.711. The third-order valence-corrected chi connectivity index (χ3v) is 2.06. The Hall–Kier alpha value is -2.42. The number of hydrogen-bond donors (Lipinski definition) is 0. The minimum absolute atomic E-state index is 0.180. The van der Waals surface area contributed by atoms with Crippen molar-refractivity contribution in [3.63, 3.8) is 0 Å². The molecule has 2 rings (SSSR count). The summed E-state index contributed by atoms with van der Waals surface area (Å²) in [5, 5.41) is 8.73. The number of carbonyl (C=O) groups is 1. The highest BCUT2D eigenvalue weighted by Crippen LogP contribution is 2.11. The number of carbonyl (C=O) groups excluding carboxylic acids is 1. The highest BCUT2D eigenvalue weighted by molar-refractivity contribution is 5.87. The number of nitrogens with zero attached hydrogens (tertiary/aromatic N) is 4. The zero-order valence-corrected chi connectivity index (χ0v) is 10.3. The van der Waals surface area contributed by atoms with Crippen molar-refractivity contribution >= 4 is 11.6 Å². The Bertz CT molecular complexity index is 646. The van der Waals surface area contributed by atoms with Gasteiger partial charge in [-0.2, -0.15) is 5.26 Å². The summed E-state index contributed by atoms with van der Waals surface area (Å²) in [5.74, 6) is -0.503. The van der Waals surface area contributed by atoms with E-state index in [4.69, 9.17) is 10.00 Å². The summed E-state index contributed by atoms with van der Waals surface area (Å²) in [6.45, 7) is 5.36. The molecule has 2 aromatic rings. The molecule has 0 fully saturated rings. The fourth-order valence-corrected chi connectivity index (χ4v) is 1.39. The monoisotopic (exact) mass is 244 g/mol. The summed E-state index contributed by atoms with van der Waals surface area (Å²) in [6.07, 6.45) is 4.46. The molecule has 0 aliphatic heterocycles. The van der Waals surface area contributed by atoms with E-state index in [0.29, 0.717) is 5.65 Å². The molecule has 2 heterocycles. The Morgan fingerprint density at radius 1 is 1.44 bits per heavy atom. The number of aromatic nitrogens is 3. The van der Waals surface area contributed by atoms with Crippen molar-refractivity contribution in [2.75, 3.05) is 0 Å². The average Bonchev–Trinajstić information content (AvgIpc) is 2.68. The molecule has 6 heteroatoms. The van der Waals surface area contributed by atoms with Gasteiger partial charge in [0.1, 0.15) is 11.7 Å². The molecule has 0 amide bonds. The van der Waals surface area contributed by atoms with E-state index in [9.17, 15) is 4.79 Å². The zero-order valence-electron chi connectivity index (χ0n) is 10.3. The normalized spacial score (nSPS) is 11.2. The molecule has 0 radical (unpaired) electrons. The van der Waals surface area contributed by atoms with E-state index in [0.717, 1.165) is 0 Å². The number of fused-ring (bicyclic) bond motifs is 1. The highest BCUT2D eigenvalue weighted by Gasteiger charge is 2.19. The molecular weight excluding hydrogens is 232 g/mol. The second-order valence-corrected chi connectivity index (χ2v) is 4.78. The molecule has 6 nitrogen and oxygen atoms in total. The molecule has 0 aromatic carbocycles. The van der Waals surface area contributed by atoms with Crippen LogP contribution in [0.15, 0.2) is 18.6 Å². The maximum absolute atomic E-state index is 11.8. The first-order valence-electron chi connectivity index (χ1n) is 5.37. The second-order valence-electron chi connectivity index (χ2n) is 4.78. The van der Waals surface area contributed by atoms with Crippen molar-refractivity contribution < 1.29 is 9.53 Å². The van der Waals surface area contributed by atoms with Crippen molar-refractivity contribution in [2.45, 2.75) is 26.4 Å². The molecule has 0 spiro atoms. The van der Waals surface area contributed by atoms with Crippen molar-refractivity contribution in [3.05, 3.63) is 30.0 Å². The third-order valence-electron chi connectivity index (χ3n) is 2.06. The van der Waals surface area contributed by atoms with Gasteiger partial charge in [0.05, 0.1) is 6.20 Å². The smallest absolute Gasteiger partial charge is 0.358 e. The van der Waals surface area contributed by atoms with Crippen molar-refractivity contribution in [1.82, 2.24) is 14.4 Å². The van der Waals surface area contributed by atoms with Gasteiger partial charge in [-0.3, -0.25) is 0 Å². The lowest BCUT2D eigenvalue weighted by molar-refractivity contribution is 0.00622. The van der Waals surface area contributed by atoms with Crippen LogP contribution in [0.5, 0.6) is 0 Å². The lowest BCUT2D eigenvalue weighted by Crippen LogP contribution is -2.24. The highest BCUT2D eigenvalue weighted by atomic mass is 16.6. The Morgan fingerprint density at radius 3 is 2.78 bits per heavy atom. The SMILES string of the molecule is CC(C)(C)OC(=O)c1cn2cc(C#N)nc2cn1. The lowest BCUT2D eigenvalue weighted by Gasteiger charge is -2.18. The lowest BCUT2D eigenvalue weighted by atomic mass is 10.2. The number of rotatable bonds is 1. The molecular formula is C12H12N4O2. The van der Waals surface area contributed by atoms with E-state index in [-0.39, 0.29) is 11.4 Å². The largest absolute Gasteiger partial charge is 0.455 e. The first-order valence-corrected chi connectivity index (χ1v) is 5.37. The van der Waals surface area contributed by atoms with Crippen LogP contribution in [0.25, 0.3) is 5.65 Å². The van der Waals surface area contributed by atoms with Gasteiger partial charge >= 0.3 is 5.97 Å². The summed E-state index contributed by atoms with van der Waals surface area (Å²) in [6, 6.07) is 1.93. The van der Waals surface area contributed by atoms with Gasteiger partial charge in [-0.05, 0) is 20.8 Å². The summed E-state index contributed by atoms with van der Waals surface area (Å²) >= 11 is 0. The van der Waals surface area contributed by atoms with Gasteiger partial charge in [0.25, 0.3) is 0 Å². The van der Waals surface area contributed by atoms with Crippen LogP contribution in [0.4, 0.5) is 0 Å². The number of nitriles is 1. The van der Waals surface area contributed by atoms with Crippen molar-refractivity contribution in [3.8, 4) is 6.07 Å². The Balaban J connectivity index is 2.35. The first kappa shape index (κ1) is 12.0. The van der Waals surface area contributed by atoms with Gasteiger partial charge in [-0.1, -0.05) is 0 Å². The van der Waals surface area contributed by atoms with Gasteiger partial charge in [-0.25, -0.2) is 14.8 Å². The van der Waals surface area contributed by atoms with E-state index in [1.54, 1.807) is 25.2 Å². The first-order chi connectivity index (χ1) is 8.39. The molecule has 0 aliphatic rings. The van der Waals surface area contributed by atoms with Crippen LogP contribution < -0.4 is 0 Å². The summed E-state index contributed by atoms with van der Waals surface area (Å²) in [7, 11) is 0. The number of imidazole rings is 1. The van der Waals surface area contributed by atoms with E-state index in [1.165, 1.54) is 18.6 Å². The predicted octanol–water partition coefficient (Wildman–Crippen LogP) is 1.56. The van der Waals surface area contributed by atoms with Crippen LogP contribution in [-0.4, -0.2) is 25.9 Å². The van der Waals surface area contributed by atoms with Crippen LogP contribution in [0.3, 0.4) is 0 Å². The van der Waals surface area contributed by atoms with Crippen LogP contribution >= 0.6 is 0 Å². The summed E-state index contributed by atoms with van der Waals surface area (Å²) in [5.41, 5.74) is 0.400. The molecule has 0 N–H and O–H groups in total. The van der Waals surface area contributed by atoms with E-state index >= 15 is 0 Å². The fraction of sp³-hybridized carbons (Fsp3) is 0.333. The van der Waals surface area contributed by atoms with Gasteiger partial charge < -0.3 is 9.14 Å². The molecule has 18 heavy (non-hydrogen) atoms. The van der Waals surface area contributed by atoms with Crippen molar-refractivity contribution in [1.29, 1.82) is 5.26 Å². The average molecular weight is 244 g/mol. The molecule has 0 aliphatic carbocycles. The molecule has 0 saturated carbocycles. The Morgan fingerprint density at radius 2 is 2.17 bits per heavy atom. The van der Waals surface area contributed by atoms with E-state index in [2.05, 4.69) is 9.97 Å². The van der Waals surface area contributed by atoms with Gasteiger partial charge in [-0.15, -0.1) is 0 Å². The maximum Gasteiger partial charge on any atom is 0.358 e. The minimum Gasteiger partial charge on any atom is -0.455 e. The second kappa shape index (κ2) is 4.11. The standard InChI is InChI=1S/C12H12N4O2/c1-12(2,3)18-11(17)9-7-16-6-8(4-13)15-10(16)5-14-9/h5-7H,1-3H3. The summed E-state index contributed by atoms with van der Waals surface area (Å²) < 4.78 is 6.78. The third kappa shape index (κ3) is 2.46. The van der Waals surface area contributed by atoms with Crippen LogP contribution in [0, 0.1) is 11.3 Å². The molecule has 0 unspecified atom stereocenters. The van der Waals surface area contributed by atoms with Crippen LogP contribution in [0.2, 0.25) is 0 Å². The Kier molecular flexibility index (Phi) is 2.75. The zero-order chi connectivity index (χ0) is 13.3. The van der Waals surface area contributed by atoms with Crippen molar-refractivity contribution in [2.24, 2.45) is 0 Å². The fourth-order valence-electron chi connectivity index (χ4n) is 1.39. The van der Waals surface area contributed by atoms with Crippen LogP contribution in [-0.2, 0) is 4.74 Å². The molecule has 2 aromatic heterocycles. The number of esters is 1. The summed E-state index contributed by atoms with van der Waals surface area (Å²) in [4.78, 5) is 19.8. The van der Waals surface area contributed by atoms with Gasteiger partial charge in [0.15, 0.2) is 17.0 Å². The number of hydrogen-bond acceptors (Lipinski definition) is 5.